The number of pyridine rings is 1. The number of aliphatic hydroxyl groups is 2. The number of nitrogens with zero attached hydrogens (tertiary/aromatic N) is 3. The second-order valence-corrected chi connectivity index (χ2v) is 26.0. The van der Waals surface area contributed by atoms with Crippen molar-refractivity contribution in [3.05, 3.63) is 46.2 Å². The summed E-state index contributed by atoms with van der Waals surface area (Å²) in [4.78, 5) is 58.3. The van der Waals surface area contributed by atoms with Crippen LogP contribution in [0, 0.1) is 29.6 Å². The van der Waals surface area contributed by atoms with Crippen molar-refractivity contribution in [2.45, 2.75) is 240 Å². The summed E-state index contributed by atoms with van der Waals surface area (Å²) in [7, 11) is 7.11. The van der Waals surface area contributed by atoms with Gasteiger partial charge in [0.05, 0.1) is 52.6 Å². The number of fused-ring (bicyclic) bond motifs is 1. The van der Waals surface area contributed by atoms with Gasteiger partial charge in [0.2, 0.25) is 0 Å². The summed E-state index contributed by atoms with van der Waals surface area (Å²) in [5, 5.41) is 26.4. The minimum atomic E-state index is -0.833. The zero-order valence-electron chi connectivity index (χ0n) is 55.2. The molecule has 5 fully saturated rings. The van der Waals surface area contributed by atoms with Crippen LogP contribution in [0.4, 0.5) is 5.69 Å². The normalized spacial score (nSPS) is 29.6. The maximum atomic E-state index is 14.1. The van der Waals surface area contributed by atoms with E-state index in [1.165, 1.54) is 11.8 Å². The van der Waals surface area contributed by atoms with Crippen LogP contribution in [0.2, 0.25) is 10.0 Å². The third-order valence-corrected chi connectivity index (χ3v) is 18.1. The number of carboxylic acid groups (broad SMARTS) is 1. The Bertz CT molecular complexity index is 2270. The van der Waals surface area contributed by atoms with E-state index >= 15 is 0 Å². The van der Waals surface area contributed by atoms with E-state index in [9.17, 15) is 24.6 Å². The monoisotopic (exact) mass is 1270 g/mol. The van der Waals surface area contributed by atoms with Crippen molar-refractivity contribution in [1.82, 2.24) is 9.88 Å². The minimum absolute atomic E-state index is 0.0422. The topological polar surface area (TPSA) is 222 Å². The van der Waals surface area contributed by atoms with Gasteiger partial charge >= 0.3 is 11.9 Å². The summed E-state index contributed by atoms with van der Waals surface area (Å²) in [6.45, 7) is 29.0. The highest BCUT2D eigenvalue weighted by Gasteiger charge is 2.51. The Hall–Kier alpha value is -3.50. The van der Waals surface area contributed by atoms with E-state index in [0.29, 0.717) is 78.0 Å². The maximum absolute atomic E-state index is 14.1. The lowest BCUT2D eigenvalue weighted by atomic mass is 9.77. The van der Waals surface area contributed by atoms with Crippen LogP contribution < -0.4 is 14.4 Å². The lowest BCUT2D eigenvalue weighted by molar-refractivity contribution is -0.215. The van der Waals surface area contributed by atoms with E-state index in [0.717, 1.165) is 76.1 Å². The van der Waals surface area contributed by atoms with Gasteiger partial charge in [-0.15, -0.1) is 11.8 Å². The first-order valence-corrected chi connectivity index (χ1v) is 33.0. The second-order valence-electron chi connectivity index (χ2n) is 23.9. The van der Waals surface area contributed by atoms with Crippen molar-refractivity contribution in [2.24, 2.45) is 29.6 Å². The molecule has 86 heavy (non-hydrogen) atoms. The zero-order valence-corrected chi connectivity index (χ0v) is 57.5. The van der Waals surface area contributed by atoms with Crippen molar-refractivity contribution in [1.29, 1.82) is 0 Å². The number of benzene rings is 1. The molecule has 1 aromatic carbocycles. The molecule has 1 aliphatic carbocycles. The van der Waals surface area contributed by atoms with Crippen LogP contribution >= 0.6 is 35.0 Å². The molecule has 0 radical (unpaired) electrons. The van der Waals surface area contributed by atoms with Crippen LogP contribution in [0.25, 0.3) is 0 Å². The van der Waals surface area contributed by atoms with Gasteiger partial charge in [0.1, 0.15) is 23.7 Å². The summed E-state index contributed by atoms with van der Waals surface area (Å²) in [5.41, 5.74) is 0.858. The third-order valence-electron chi connectivity index (χ3n) is 16.2. The molecule has 494 valence electrons. The molecule has 0 spiro atoms. The van der Waals surface area contributed by atoms with Crippen LogP contribution in [0.1, 0.15) is 180 Å². The molecule has 5 heterocycles. The van der Waals surface area contributed by atoms with E-state index < -0.39 is 53.3 Å². The van der Waals surface area contributed by atoms with Crippen molar-refractivity contribution in [3.8, 4) is 11.5 Å². The van der Waals surface area contributed by atoms with Crippen molar-refractivity contribution < 1.29 is 72.4 Å². The molecule has 2 aromatic rings. The average molecular weight is 1280 g/mol. The lowest BCUT2D eigenvalue weighted by Gasteiger charge is -2.38. The minimum Gasteiger partial charge on any atom is -0.493 e. The van der Waals surface area contributed by atoms with Crippen LogP contribution in [0.15, 0.2) is 30.6 Å². The molecule has 1 aromatic heterocycles. The van der Waals surface area contributed by atoms with Crippen LogP contribution in [-0.4, -0.2) is 162 Å². The maximum Gasteiger partial charge on any atom is 0.319 e. The summed E-state index contributed by atoms with van der Waals surface area (Å²) < 4.78 is 45.4. The Kier molecular flexibility index (Phi) is 36.2. The standard InChI is InChI=1S/C40H54Cl2N2O8S.C11H23NO2.C8H16O3.C2H4O2.2C2H6/c1-24-10-9-15-40(4,49-6)19-25(2)36(45)26(3)35-34(23-50-38(24)46)52-39(47)37(35)53-17-16-44(22-29-30(41)20-43-21-31(29)42)27-13-14-32(48-5)33(18-27)51-28-11-7-8-12-28;1-8(2)7-12(4)10-5-9(3)14-11(13)6-10;1-6-4-8(2,10-3)5-7(9)11-6;1-2(3)4;2*1-2/h13-14,18,20-21,24-26,28,34-35,37H,7-12,15-17,19,22-23H2,1-6H3;8-11,13H,5-7H2,1-4H3;6-7,9H,4-5H2,1-3H3;1H3,(H,3,4);2*1-2H3/t24?,25?,26?,34-,35?,37?,40?;;;;;/m0...../s1. The number of aromatic nitrogens is 1. The number of carbonyl (C=O) groups is 4. The zero-order chi connectivity index (χ0) is 65.1. The third kappa shape index (κ3) is 26.1. The molecular weight excluding hydrogens is 1170 g/mol. The van der Waals surface area contributed by atoms with E-state index in [4.69, 9.17) is 71.0 Å². The second kappa shape index (κ2) is 39.6. The SMILES string of the molecule is CC.CC.CC(=O)O.CC(C)CN(C)C1CC(C)OC(O)C1.COC1(C)CC(C)OC(O)C1.COc1ccc(N(CCSC2C(=O)O[C@H]3COC(=O)C(C)CCCC(C)(OC)CC(C)C(=O)C(C)C23)Cc2c(Cl)cncc2Cl)cc1OC1CCCC1. The van der Waals surface area contributed by atoms with E-state index in [1.807, 2.05) is 94.4 Å². The number of cyclic esters (lactones) is 1. The first-order chi connectivity index (χ1) is 40.6. The van der Waals surface area contributed by atoms with Gasteiger partial charge < -0.3 is 63.0 Å². The highest BCUT2D eigenvalue weighted by molar-refractivity contribution is 8.00. The quantitative estimate of drug-likeness (QED) is 0.141. The number of carbonyl (C=O) groups excluding carboxylic acids is 3. The summed E-state index contributed by atoms with van der Waals surface area (Å²) in [6, 6.07) is 6.31. The number of methoxy groups -OCH3 is 3. The van der Waals surface area contributed by atoms with Crippen LogP contribution in [0.3, 0.4) is 0 Å². The van der Waals surface area contributed by atoms with E-state index in [-0.39, 0.29) is 54.1 Å². The number of ether oxygens (including phenoxy) is 8. The number of aliphatic carboxylic acids is 1. The highest BCUT2D eigenvalue weighted by atomic mass is 35.5. The van der Waals surface area contributed by atoms with Crippen molar-refractivity contribution in [3.63, 3.8) is 0 Å². The van der Waals surface area contributed by atoms with Gasteiger partial charge in [-0.3, -0.25) is 24.2 Å². The fraction of sp³-hybridized carbons (Fsp3) is 0.769. The van der Waals surface area contributed by atoms with Gasteiger partial charge in [-0.2, -0.15) is 0 Å². The number of ketones is 1. The number of halogens is 2. The van der Waals surface area contributed by atoms with Gasteiger partial charge in [-0.25, -0.2) is 0 Å². The summed E-state index contributed by atoms with van der Waals surface area (Å²) >= 11 is 14.7. The number of aliphatic hydroxyl groups excluding tert-OH is 2. The number of rotatable bonds is 15. The average Bonchev–Trinajstić information content (AvgIpc) is 2.18. The Labute approximate surface area is 530 Å². The first kappa shape index (κ1) is 78.6. The number of hydrogen-bond donors (Lipinski definition) is 3. The Morgan fingerprint density at radius 2 is 1.42 bits per heavy atom. The molecule has 0 bridgehead atoms. The number of esters is 2. The van der Waals surface area contributed by atoms with Gasteiger partial charge in [-0.05, 0) is 111 Å². The predicted molar refractivity (Wildman–Crippen MR) is 342 cm³/mol. The Morgan fingerprint density at radius 1 is 0.814 bits per heavy atom. The molecule has 4 aliphatic heterocycles. The smallest absolute Gasteiger partial charge is 0.319 e. The molecule has 7 rings (SSSR count). The van der Waals surface area contributed by atoms with Gasteiger partial charge in [0.25, 0.3) is 5.97 Å². The molecule has 13 atom stereocenters. The number of Topliss-reactive ketones (excluding diaryl/α,β-unsaturated/α-hetero) is 1. The van der Waals surface area contributed by atoms with E-state index in [2.05, 4.69) is 35.7 Å². The van der Waals surface area contributed by atoms with Gasteiger partial charge in [-0.1, -0.05) is 85.5 Å². The molecule has 12 unspecified atom stereocenters. The molecule has 18 nitrogen and oxygen atoms in total. The van der Waals surface area contributed by atoms with Crippen molar-refractivity contribution in [2.75, 3.05) is 58.7 Å². The molecule has 3 N–H and O–H groups in total. The van der Waals surface area contributed by atoms with E-state index in [1.54, 1.807) is 33.7 Å². The molecule has 0 amide bonds. The number of carboxylic acids is 1. The molecule has 5 aliphatic rings. The predicted octanol–water partition coefficient (Wildman–Crippen LogP) is 12.9. The summed E-state index contributed by atoms with van der Waals surface area (Å²) in [5.74, 6) is -0.675. The summed E-state index contributed by atoms with van der Waals surface area (Å²) in [6.07, 6.45) is 11.7. The molecule has 1 saturated carbocycles. The van der Waals surface area contributed by atoms with Crippen LogP contribution in [-0.2, 0) is 54.1 Å². The molecular formula is C65H109Cl2N3O15S. The first-order valence-electron chi connectivity index (χ1n) is 31.2. The fourth-order valence-electron chi connectivity index (χ4n) is 11.7. The van der Waals surface area contributed by atoms with Crippen LogP contribution in [0.5, 0.6) is 11.5 Å². The number of thioether (sulfide) groups is 1. The van der Waals surface area contributed by atoms with Crippen molar-refractivity contribution >= 4 is 64.3 Å². The largest absolute Gasteiger partial charge is 0.493 e. The number of hydrogen-bond acceptors (Lipinski definition) is 18. The Balaban J connectivity index is 0.000000617. The van der Waals surface area contributed by atoms with Gasteiger partial charge in [0.15, 0.2) is 24.1 Å². The Morgan fingerprint density at radius 3 is 1.98 bits per heavy atom. The van der Waals surface area contributed by atoms with Gasteiger partial charge in [0, 0.05) is 119 Å². The molecule has 4 saturated heterocycles. The fourth-order valence-corrected chi connectivity index (χ4v) is 13.6. The molecule has 21 heteroatoms. The lowest BCUT2D eigenvalue weighted by Crippen LogP contribution is -2.44. The highest BCUT2D eigenvalue weighted by Crippen LogP contribution is 2.42. The number of anilines is 1.